The first-order valence-corrected chi connectivity index (χ1v) is 9.45. The van der Waals surface area contributed by atoms with Crippen LogP contribution in [0.1, 0.15) is 32.7 Å². The first-order valence-electron chi connectivity index (χ1n) is 9.45. The molecule has 154 valence electrons. The standard InChI is InChI=1S/C23H20N6O2/c1-13-4-7-17(31-3)14(2)20(13)29-21(24)19(22(25)30)18-16(27-12-28-23(18)29)6-5-15-8-10-26-11-9-15/h4,7-12H,24H2,1-3H3,(H2,25,30). The summed E-state index contributed by atoms with van der Waals surface area (Å²) in [5.41, 5.74) is 16.4. The molecular formula is C23H20N6O2. The zero-order valence-corrected chi connectivity index (χ0v) is 17.3. The van der Waals surface area contributed by atoms with Crippen molar-refractivity contribution in [2.45, 2.75) is 13.8 Å². The Labute approximate surface area is 178 Å². The highest BCUT2D eigenvalue weighted by atomic mass is 16.5. The van der Waals surface area contributed by atoms with Crippen molar-refractivity contribution in [3.8, 4) is 23.3 Å². The van der Waals surface area contributed by atoms with Gasteiger partial charge in [-0.2, -0.15) is 0 Å². The molecule has 0 spiro atoms. The number of primary amides is 1. The number of methoxy groups -OCH3 is 1. The minimum absolute atomic E-state index is 0.135. The fourth-order valence-electron chi connectivity index (χ4n) is 3.65. The zero-order chi connectivity index (χ0) is 22.1. The number of aromatic nitrogens is 4. The van der Waals surface area contributed by atoms with E-state index in [9.17, 15) is 4.79 Å². The molecule has 3 heterocycles. The average molecular weight is 412 g/mol. The first kappa shape index (κ1) is 19.9. The van der Waals surface area contributed by atoms with Crippen molar-refractivity contribution in [3.05, 3.63) is 70.9 Å². The largest absolute Gasteiger partial charge is 0.496 e. The van der Waals surface area contributed by atoms with E-state index in [4.69, 9.17) is 16.2 Å². The van der Waals surface area contributed by atoms with E-state index in [1.54, 1.807) is 36.2 Å². The molecule has 1 amide bonds. The molecule has 3 aromatic heterocycles. The van der Waals surface area contributed by atoms with Crippen molar-refractivity contribution in [1.82, 2.24) is 19.5 Å². The van der Waals surface area contributed by atoms with Gasteiger partial charge in [-0.25, -0.2) is 9.97 Å². The molecular weight excluding hydrogens is 392 g/mol. The van der Waals surface area contributed by atoms with Crippen LogP contribution in [-0.2, 0) is 0 Å². The second-order valence-corrected chi connectivity index (χ2v) is 6.93. The number of rotatable bonds is 3. The molecule has 4 aromatic rings. The molecule has 31 heavy (non-hydrogen) atoms. The predicted molar refractivity (Wildman–Crippen MR) is 118 cm³/mol. The highest BCUT2D eigenvalue weighted by molar-refractivity contribution is 6.12. The van der Waals surface area contributed by atoms with Gasteiger partial charge in [-0.3, -0.25) is 14.3 Å². The molecule has 8 nitrogen and oxygen atoms in total. The molecule has 0 aliphatic heterocycles. The van der Waals surface area contributed by atoms with Gasteiger partial charge in [0.2, 0.25) is 0 Å². The van der Waals surface area contributed by atoms with Crippen LogP contribution in [-0.4, -0.2) is 32.5 Å². The molecule has 0 radical (unpaired) electrons. The van der Waals surface area contributed by atoms with Gasteiger partial charge in [-0.1, -0.05) is 12.0 Å². The smallest absolute Gasteiger partial charge is 0.253 e. The maximum absolute atomic E-state index is 12.4. The van der Waals surface area contributed by atoms with Crippen LogP contribution in [0.5, 0.6) is 5.75 Å². The van der Waals surface area contributed by atoms with E-state index in [-0.39, 0.29) is 11.4 Å². The number of nitrogen functional groups attached to an aromatic ring is 1. The quantitative estimate of drug-likeness (QED) is 0.499. The van der Waals surface area contributed by atoms with Crippen molar-refractivity contribution < 1.29 is 9.53 Å². The van der Waals surface area contributed by atoms with Gasteiger partial charge in [-0.05, 0) is 43.5 Å². The van der Waals surface area contributed by atoms with Crippen molar-refractivity contribution in [3.63, 3.8) is 0 Å². The Bertz CT molecular complexity index is 1380. The molecule has 0 saturated carbocycles. The van der Waals surface area contributed by atoms with Crippen molar-refractivity contribution in [2.75, 3.05) is 12.8 Å². The second-order valence-electron chi connectivity index (χ2n) is 6.93. The fourth-order valence-corrected chi connectivity index (χ4v) is 3.65. The summed E-state index contributed by atoms with van der Waals surface area (Å²) in [5, 5.41) is 0.413. The van der Waals surface area contributed by atoms with Gasteiger partial charge in [0.15, 0.2) is 5.65 Å². The minimum atomic E-state index is -0.679. The summed E-state index contributed by atoms with van der Waals surface area (Å²) >= 11 is 0. The van der Waals surface area contributed by atoms with E-state index in [1.165, 1.54) is 6.33 Å². The maximum Gasteiger partial charge on any atom is 0.253 e. The Hall–Kier alpha value is -4.38. The average Bonchev–Trinajstić information content (AvgIpc) is 3.06. The van der Waals surface area contributed by atoms with Crippen molar-refractivity contribution >= 4 is 22.8 Å². The first-order chi connectivity index (χ1) is 14.9. The number of hydrogen-bond acceptors (Lipinski definition) is 6. The normalized spacial score (nSPS) is 10.5. The number of hydrogen-bond donors (Lipinski definition) is 2. The molecule has 0 bridgehead atoms. The van der Waals surface area contributed by atoms with Crippen LogP contribution < -0.4 is 16.2 Å². The molecule has 0 unspecified atom stereocenters. The summed E-state index contributed by atoms with van der Waals surface area (Å²) < 4.78 is 7.18. The van der Waals surface area contributed by atoms with Gasteiger partial charge < -0.3 is 16.2 Å². The number of carbonyl (C=O) groups excluding carboxylic acids is 1. The number of nitrogens with two attached hydrogens (primary N) is 2. The number of nitrogens with zero attached hydrogens (tertiary/aromatic N) is 4. The third kappa shape index (κ3) is 3.32. The molecule has 8 heteroatoms. The minimum Gasteiger partial charge on any atom is -0.496 e. The van der Waals surface area contributed by atoms with Crippen LogP contribution >= 0.6 is 0 Å². The Morgan fingerprint density at radius 2 is 1.84 bits per heavy atom. The third-order valence-electron chi connectivity index (χ3n) is 5.06. The molecule has 0 saturated heterocycles. The van der Waals surface area contributed by atoms with Crippen LogP contribution in [0, 0.1) is 25.7 Å². The number of amides is 1. The molecule has 4 N–H and O–H groups in total. The number of fused-ring (bicyclic) bond motifs is 1. The van der Waals surface area contributed by atoms with Crippen LogP contribution in [0.15, 0.2) is 43.0 Å². The van der Waals surface area contributed by atoms with Gasteiger partial charge in [0.05, 0.1) is 23.7 Å². The molecule has 0 aliphatic rings. The van der Waals surface area contributed by atoms with E-state index in [0.29, 0.717) is 22.5 Å². The molecule has 0 fully saturated rings. The van der Waals surface area contributed by atoms with E-state index in [0.717, 1.165) is 22.4 Å². The lowest BCUT2D eigenvalue weighted by Crippen LogP contribution is -2.14. The maximum atomic E-state index is 12.4. The van der Waals surface area contributed by atoms with E-state index < -0.39 is 5.91 Å². The second kappa shape index (κ2) is 7.80. The molecule has 4 rings (SSSR count). The number of anilines is 1. The van der Waals surface area contributed by atoms with Crippen LogP contribution in [0.25, 0.3) is 16.7 Å². The summed E-state index contributed by atoms with van der Waals surface area (Å²) in [4.78, 5) is 25.1. The highest BCUT2D eigenvalue weighted by Crippen LogP contribution is 2.36. The molecule has 1 aromatic carbocycles. The Morgan fingerprint density at radius 3 is 2.52 bits per heavy atom. The Morgan fingerprint density at radius 1 is 1.10 bits per heavy atom. The topological polar surface area (TPSA) is 122 Å². The SMILES string of the molecule is COc1ccc(C)c(-n2c(N)c(C(N)=O)c3c(C#Cc4ccncc4)ncnc32)c1C. The van der Waals surface area contributed by atoms with Gasteiger partial charge in [0.1, 0.15) is 23.6 Å². The Balaban J connectivity index is 2.06. The number of carbonyl (C=O) groups is 1. The number of ether oxygens (including phenoxy) is 1. The summed E-state index contributed by atoms with van der Waals surface area (Å²) in [5.74, 6) is 6.22. The van der Waals surface area contributed by atoms with Crippen LogP contribution in [0.3, 0.4) is 0 Å². The van der Waals surface area contributed by atoms with E-state index in [1.807, 2.05) is 26.0 Å². The van der Waals surface area contributed by atoms with Gasteiger partial charge in [0, 0.05) is 23.5 Å². The zero-order valence-electron chi connectivity index (χ0n) is 17.3. The lowest BCUT2D eigenvalue weighted by atomic mass is 10.1. The number of benzene rings is 1. The van der Waals surface area contributed by atoms with Gasteiger partial charge in [0.25, 0.3) is 5.91 Å². The van der Waals surface area contributed by atoms with Crippen molar-refractivity contribution in [2.24, 2.45) is 5.73 Å². The summed E-state index contributed by atoms with van der Waals surface area (Å²) in [6.07, 6.45) is 4.69. The van der Waals surface area contributed by atoms with E-state index >= 15 is 0 Å². The number of pyridine rings is 1. The molecule has 0 aliphatic carbocycles. The summed E-state index contributed by atoms with van der Waals surface area (Å²) in [7, 11) is 1.60. The van der Waals surface area contributed by atoms with Gasteiger partial charge in [-0.15, -0.1) is 0 Å². The van der Waals surface area contributed by atoms with E-state index in [2.05, 4.69) is 26.8 Å². The lowest BCUT2D eigenvalue weighted by molar-refractivity contribution is 0.100. The lowest BCUT2D eigenvalue weighted by Gasteiger charge is -2.16. The third-order valence-corrected chi connectivity index (χ3v) is 5.06. The monoisotopic (exact) mass is 412 g/mol. The summed E-state index contributed by atoms with van der Waals surface area (Å²) in [6.45, 7) is 3.87. The fraction of sp³-hybridized carbons (Fsp3) is 0.130. The molecule has 0 atom stereocenters. The van der Waals surface area contributed by atoms with Crippen molar-refractivity contribution in [1.29, 1.82) is 0 Å². The van der Waals surface area contributed by atoms with Crippen LogP contribution in [0.4, 0.5) is 5.82 Å². The highest BCUT2D eigenvalue weighted by Gasteiger charge is 2.26. The van der Waals surface area contributed by atoms with Crippen LogP contribution in [0.2, 0.25) is 0 Å². The predicted octanol–water partition coefficient (Wildman–Crippen LogP) is 2.52. The summed E-state index contributed by atoms with van der Waals surface area (Å²) in [6, 6.07) is 7.36. The number of aryl methyl sites for hydroxylation is 1. The Kier molecular flexibility index (Phi) is 5.01. The van der Waals surface area contributed by atoms with Gasteiger partial charge >= 0.3 is 0 Å².